The Morgan fingerprint density at radius 2 is 1.63 bits per heavy atom. The molecule has 242 valence electrons. The molecule has 2 amide bonds. The number of methoxy groups -OCH3 is 1. The highest BCUT2D eigenvalue weighted by atomic mass is 35.5. The van der Waals surface area contributed by atoms with Gasteiger partial charge in [-0.15, -0.1) is 0 Å². The van der Waals surface area contributed by atoms with E-state index in [0.717, 1.165) is 15.4 Å². The summed E-state index contributed by atoms with van der Waals surface area (Å²) in [5, 5.41) is 3.00. The molecule has 8 nitrogen and oxygen atoms in total. The summed E-state index contributed by atoms with van der Waals surface area (Å²) in [6.07, 6.45) is 0.779. The molecule has 0 bridgehead atoms. The van der Waals surface area contributed by atoms with Crippen LogP contribution in [0.4, 0.5) is 10.1 Å². The summed E-state index contributed by atoms with van der Waals surface area (Å²) in [5.74, 6) is -1.38. The average Bonchev–Trinajstić information content (AvgIpc) is 3.05. The molecule has 4 aromatic rings. The first-order valence-electron chi connectivity index (χ1n) is 14.8. The van der Waals surface area contributed by atoms with Crippen LogP contribution in [0.2, 0.25) is 5.02 Å². The molecule has 46 heavy (non-hydrogen) atoms. The van der Waals surface area contributed by atoms with Crippen molar-refractivity contribution in [3.63, 3.8) is 0 Å². The molecule has 0 unspecified atom stereocenters. The summed E-state index contributed by atoms with van der Waals surface area (Å²) in [7, 11) is -2.89. The van der Waals surface area contributed by atoms with Gasteiger partial charge < -0.3 is 15.0 Å². The number of hydrogen-bond donors (Lipinski definition) is 1. The smallest absolute Gasteiger partial charge is 0.264 e. The number of carbonyl (C=O) groups excluding carboxylic acids is 2. The molecule has 0 spiro atoms. The lowest BCUT2D eigenvalue weighted by molar-refractivity contribution is -0.140. The van der Waals surface area contributed by atoms with Crippen molar-refractivity contribution in [3.8, 4) is 5.75 Å². The van der Waals surface area contributed by atoms with E-state index in [1.807, 2.05) is 44.2 Å². The molecule has 11 heteroatoms. The van der Waals surface area contributed by atoms with Crippen molar-refractivity contribution in [1.82, 2.24) is 10.2 Å². The van der Waals surface area contributed by atoms with Gasteiger partial charge in [0.25, 0.3) is 10.0 Å². The molecule has 0 aromatic heterocycles. The molecule has 0 saturated heterocycles. The third kappa shape index (κ3) is 8.44. The van der Waals surface area contributed by atoms with Crippen LogP contribution >= 0.6 is 11.6 Å². The molecule has 0 radical (unpaired) electrons. The second-order valence-corrected chi connectivity index (χ2v) is 13.0. The Morgan fingerprint density at radius 3 is 2.26 bits per heavy atom. The molecular weight excluding hydrogens is 629 g/mol. The van der Waals surface area contributed by atoms with E-state index in [1.165, 1.54) is 60.5 Å². The second-order valence-electron chi connectivity index (χ2n) is 10.8. The minimum atomic E-state index is -4.32. The lowest BCUT2D eigenvalue weighted by atomic mass is 10.0. The number of nitrogens with zero attached hydrogens (tertiary/aromatic N) is 2. The number of aryl methyl sites for hydroxylation is 1. The van der Waals surface area contributed by atoms with Crippen LogP contribution in [0.25, 0.3) is 0 Å². The first-order chi connectivity index (χ1) is 22.0. The monoisotopic (exact) mass is 665 g/mol. The topological polar surface area (TPSA) is 96.0 Å². The van der Waals surface area contributed by atoms with E-state index in [1.54, 1.807) is 18.2 Å². The molecular formula is C35H37ClFN3O5S. The zero-order valence-corrected chi connectivity index (χ0v) is 27.5. The van der Waals surface area contributed by atoms with Crippen LogP contribution in [0.15, 0.2) is 102 Å². The Balaban J connectivity index is 1.83. The third-order valence-corrected chi connectivity index (χ3v) is 9.51. The van der Waals surface area contributed by atoms with Crippen LogP contribution in [0.5, 0.6) is 5.75 Å². The molecule has 0 saturated carbocycles. The number of hydrogen-bond acceptors (Lipinski definition) is 5. The maximum Gasteiger partial charge on any atom is 0.264 e. The van der Waals surface area contributed by atoms with Crippen molar-refractivity contribution < 1.29 is 27.1 Å². The van der Waals surface area contributed by atoms with Crippen LogP contribution in [0.3, 0.4) is 0 Å². The molecule has 0 aliphatic carbocycles. The number of amides is 2. The van der Waals surface area contributed by atoms with Gasteiger partial charge >= 0.3 is 0 Å². The Morgan fingerprint density at radius 1 is 0.957 bits per heavy atom. The van der Waals surface area contributed by atoms with E-state index in [2.05, 4.69) is 5.32 Å². The summed E-state index contributed by atoms with van der Waals surface area (Å²) in [6.45, 7) is 3.13. The maximum absolute atomic E-state index is 15.0. The molecule has 0 aliphatic rings. The lowest BCUT2D eigenvalue weighted by Gasteiger charge is -2.34. The quantitative estimate of drug-likeness (QED) is 0.174. The molecule has 0 aliphatic heterocycles. The van der Waals surface area contributed by atoms with Gasteiger partial charge in [-0.05, 0) is 55.3 Å². The minimum absolute atomic E-state index is 0.0416. The number of benzene rings is 4. The van der Waals surface area contributed by atoms with Crippen LogP contribution < -0.4 is 14.4 Å². The van der Waals surface area contributed by atoms with Gasteiger partial charge in [0, 0.05) is 25.1 Å². The number of ether oxygens (including phenoxy) is 1. The van der Waals surface area contributed by atoms with Gasteiger partial charge in [0.2, 0.25) is 11.8 Å². The van der Waals surface area contributed by atoms with Crippen molar-refractivity contribution in [3.05, 3.63) is 125 Å². The lowest BCUT2D eigenvalue weighted by Crippen LogP contribution is -2.53. The van der Waals surface area contributed by atoms with Crippen molar-refractivity contribution in [2.45, 2.75) is 44.2 Å². The van der Waals surface area contributed by atoms with Gasteiger partial charge in [0.05, 0.1) is 22.7 Å². The number of nitrogens with one attached hydrogen (secondary N) is 1. The minimum Gasteiger partial charge on any atom is -0.495 e. The van der Waals surface area contributed by atoms with E-state index in [0.29, 0.717) is 18.7 Å². The van der Waals surface area contributed by atoms with E-state index in [4.69, 9.17) is 16.3 Å². The Labute approximate surface area is 274 Å². The van der Waals surface area contributed by atoms with Gasteiger partial charge in [-0.3, -0.25) is 13.9 Å². The number of sulfonamides is 1. The molecule has 0 fully saturated rings. The highest BCUT2D eigenvalue weighted by Gasteiger charge is 2.35. The average molecular weight is 666 g/mol. The zero-order chi connectivity index (χ0) is 33.3. The third-order valence-electron chi connectivity index (χ3n) is 7.43. The van der Waals surface area contributed by atoms with Crippen molar-refractivity contribution in [2.75, 3.05) is 24.5 Å². The summed E-state index contributed by atoms with van der Waals surface area (Å²) in [6, 6.07) is 24.7. The summed E-state index contributed by atoms with van der Waals surface area (Å²) < 4.78 is 49.5. The van der Waals surface area contributed by atoms with Crippen LogP contribution in [-0.2, 0) is 32.6 Å². The molecule has 1 N–H and O–H groups in total. The van der Waals surface area contributed by atoms with Gasteiger partial charge in [-0.2, -0.15) is 0 Å². The number of carbonyl (C=O) groups is 2. The Hall–Kier alpha value is -4.41. The van der Waals surface area contributed by atoms with Crippen LogP contribution in [0.1, 0.15) is 30.0 Å². The Kier molecular flexibility index (Phi) is 11.8. The molecule has 1 atom stereocenters. The summed E-state index contributed by atoms with van der Waals surface area (Å²) >= 11 is 6.41. The predicted octanol–water partition coefficient (Wildman–Crippen LogP) is 6.16. The van der Waals surface area contributed by atoms with Crippen molar-refractivity contribution in [1.29, 1.82) is 0 Å². The van der Waals surface area contributed by atoms with Crippen LogP contribution in [0, 0.1) is 12.7 Å². The van der Waals surface area contributed by atoms with Crippen molar-refractivity contribution >= 4 is 39.1 Å². The second kappa shape index (κ2) is 15.7. The largest absolute Gasteiger partial charge is 0.495 e. The normalized spacial score (nSPS) is 11.8. The van der Waals surface area contributed by atoms with Gasteiger partial charge in [-0.1, -0.05) is 84.8 Å². The Bertz CT molecular complexity index is 1750. The van der Waals surface area contributed by atoms with Gasteiger partial charge in [0.1, 0.15) is 24.2 Å². The highest BCUT2D eigenvalue weighted by molar-refractivity contribution is 7.92. The predicted molar refractivity (Wildman–Crippen MR) is 178 cm³/mol. The molecule has 4 rings (SSSR count). The van der Waals surface area contributed by atoms with Gasteiger partial charge in [-0.25, -0.2) is 12.8 Å². The first kappa shape index (κ1) is 34.5. The fourth-order valence-electron chi connectivity index (χ4n) is 4.91. The molecule has 4 aromatic carbocycles. The van der Waals surface area contributed by atoms with E-state index < -0.39 is 40.2 Å². The summed E-state index contributed by atoms with van der Waals surface area (Å²) in [5.41, 5.74) is 1.92. The molecule has 0 heterocycles. The highest BCUT2D eigenvalue weighted by Crippen LogP contribution is 2.32. The van der Waals surface area contributed by atoms with E-state index in [-0.39, 0.29) is 34.1 Å². The number of rotatable bonds is 14. The van der Waals surface area contributed by atoms with Crippen molar-refractivity contribution in [2.24, 2.45) is 0 Å². The standard InChI is InChI=1S/C35H37ClFN3O5S/c1-4-20-38-35(42)32(21-26-10-6-5-7-11-26)39(23-27-12-8-9-13-31(27)37)34(41)24-40(28-16-19-33(45-3)30(36)22-28)46(43,44)29-17-14-25(2)15-18-29/h5-19,22,32H,4,20-21,23-24H2,1-3H3,(H,38,42)/t32-/m0/s1. The fraction of sp³-hybridized carbons (Fsp3) is 0.257. The van der Waals surface area contributed by atoms with E-state index in [9.17, 15) is 18.0 Å². The summed E-state index contributed by atoms with van der Waals surface area (Å²) in [4.78, 5) is 29.3. The zero-order valence-electron chi connectivity index (χ0n) is 26.0. The number of halogens is 2. The fourth-order valence-corrected chi connectivity index (χ4v) is 6.56. The maximum atomic E-state index is 15.0. The number of anilines is 1. The van der Waals surface area contributed by atoms with E-state index >= 15 is 4.39 Å². The first-order valence-corrected chi connectivity index (χ1v) is 16.6. The SMILES string of the molecule is CCCNC(=O)[C@H](Cc1ccccc1)N(Cc1ccccc1F)C(=O)CN(c1ccc(OC)c(Cl)c1)S(=O)(=O)c1ccc(C)cc1. The van der Waals surface area contributed by atoms with Crippen LogP contribution in [-0.4, -0.2) is 51.4 Å². The van der Waals surface area contributed by atoms with Gasteiger partial charge in [0.15, 0.2) is 0 Å².